The van der Waals surface area contributed by atoms with Gasteiger partial charge in [0.05, 0.1) is 11.4 Å². The molecular formula is C14H11Cl2N5. The average Bonchev–Trinajstić information content (AvgIpc) is 3.01. The van der Waals surface area contributed by atoms with Gasteiger partial charge in [0.1, 0.15) is 6.33 Å². The van der Waals surface area contributed by atoms with Crippen LogP contribution in [0.25, 0.3) is 5.69 Å². The maximum Gasteiger partial charge on any atom is 0.143 e. The van der Waals surface area contributed by atoms with Gasteiger partial charge in [-0.2, -0.15) is 4.68 Å². The summed E-state index contributed by atoms with van der Waals surface area (Å²) in [5.41, 5.74) is 2.60. The highest BCUT2D eigenvalue weighted by atomic mass is 35.5. The van der Waals surface area contributed by atoms with Gasteiger partial charge in [-0.25, -0.2) is 0 Å². The molecule has 0 aliphatic rings. The number of nitrogens with one attached hydrogen (secondary N) is 1. The molecule has 21 heavy (non-hydrogen) atoms. The predicted octanol–water partition coefficient (Wildman–Crippen LogP) is 3.58. The molecule has 0 saturated carbocycles. The van der Waals surface area contributed by atoms with E-state index >= 15 is 0 Å². The molecule has 0 aliphatic heterocycles. The lowest BCUT2D eigenvalue weighted by atomic mass is 10.2. The Kier molecular flexibility index (Phi) is 4.03. The van der Waals surface area contributed by atoms with Crippen LogP contribution in [0.3, 0.4) is 0 Å². The Morgan fingerprint density at radius 1 is 1.00 bits per heavy atom. The molecule has 0 radical (unpaired) electrons. The number of rotatable bonds is 4. The van der Waals surface area contributed by atoms with Gasteiger partial charge >= 0.3 is 0 Å². The van der Waals surface area contributed by atoms with Gasteiger partial charge in [0.2, 0.25) is 0 Å². The van der Waals surface area contributed by atoms with Crippen LogP contribution in [0, 0.1) is 0 Å². The van der Waals surface area contributed by atoms with Gasteiger partial charge in [0.15, 0.2) is 0 Å². The van der Waals surface area contributed by atoms with Gasteiger partial charge in [-0.15, -0.1) is 5.10 Å². The highest BCUT2D eigenvalue weighted by molar-refractivity contribution is 6.36. The fourth-order valence-corrected chi connectivity index (χ4v) is 2.51. The second-order valence-corrected chi connectivity index (χ2v) is 5.14. The van der Waals surface area contributed by atoms with Crippen molar-refractivity contribution in [1.82, 2.24) is 20.2 Å². The number of hydrogen-bond donors (Lipinski definition) is 1. The first-order valence-electron chi connectivity index (χ1n) is 6.25. The van der Waals surface area contributed by atoms with Crippen molar-refractivity contribution in [1.29, 1.82) is 0 Å². The third-order valence-electron chi connectivity index (χ3n) is 3.02. The lowest BCUT2D eigenvalue weighted by Gasteiger charge is -2.13. The van der Waals surface area contributed by atoms with E-state index in [1.807, 2.05) is 42.5 Å². The molecule has 7 heteroatoms. The Balaban J connectivity index is 1.86. The minimum atomic E-state index is 0.512. The van der Waals surface area contributed by atoms with E-state index in [-0.39, 0.29) is 0 Å². The van der Waals surface area contributed by atoms with E-state index in [0.29, 0.717) is 16.6 Å². The molecule has 0 bridgehead atoms. The summed E-state index contributed by atoms with van der Waals surface area (Å²) in [5, 5.41) is 15.8. The van der Waals surface area contributed by atoms with Crippen LogP contribution in [0.1, 0.15) is 5.56 Å². The molecule has 1 aromatic heterocycles. The second kappa shape index (κ2) is 6.11. The molecule has 1 N–H and O–H groups in total. The van der Waals surface area contributed by atoms with Crippen molar-refractivity contribution in [3.05, 3.63) is 64.4 Å². The van der Waals surface area contributed by atoms with Crippen molar-refractivity contribution in [2.45, 2.75) is 6.54 Å². The lowest BCUT2D eigenvalue weighted by Crippen LogP contribution is -2.05. The number of benzene rings is 2. The molecule has 0 unspecified atom stereocenters. The highest BCUT2D eigenvalue weighted by Crippen LogP contribution is 2.26. The number of aromatic nitrogens is 4. The van der Waals surface area contributed by atoms with Gasteiger partial charge < -0.3 is 5.32 Å². The zero-order valence-corrected chi connectivity index (χ0v) is 12.4. The summed E-state index contributed by atoms with van der Waals surface area (Å²) in [7, 11) is 0. The normalized spacial score (nSPS) is 10.6. The quantitative estimate of drug-likeness (QED) is 0.798. The first kappa shape index (κ1) is 13.9. The molecule has 3 aromatic rings. The van der Waals surface area contributed by atoms with Gasteiger partial charge in [-0.05, 0) is 34.7 Å². The standard InChI is InChI=1S/C14H11Cl2N5/c15-11-4-3-5-12(16)10(11)8-17-13-6-1-2-7-14(13)21-9-18-19-20-21/h1-7,9,17H,8H2. The van der Waals surface area contributed by atoms with E-state index in [9.17, 15) is 0 Å². The summed E-state index contributed by atoms with van der Waals surface area (Å²) in [6, 6.07) is 13.2. The second-order valence-electron chi connectivity index (χ2n) is 4.33. The third kappa shape index (κ3) is 2.99. The van der Waals surface area contributed by atoms with Crippen molar-refractivity contribution in [2.75, 3.05) is 5.32 Å². The van der Waals surface area contributed by atoms with Crippen LogP contribution in [-0.2, 0) is 6.54 Å². The molecule has 5 nitrogen and oxygen atoms in total. The van der Waals surface area contributed by atoms with E-state index in [0.717, 1.165) is 16.9 Å². The Morgan fingerprint density at radius 3 is 2.48 bits per heavy atom. The monoisotopic (exact) mass is 319 g/mol. The number of tetrazole rings is 1. The molecule has 106 valence electrons. The zero-order chi connectivity index (χ0) is 14.7. The average molecular weight is 320 g/mol. The van der Waals surface area contributed by atoms with Gasteiger partial charge in [-0.3, -0.25) is 0 Å². The Bertz CT molecular complexity index is 723. The number of halogens is 2. The van der Waals surface area contributed by atoms with E-state index < -0.39 is 0 Å². The SMILES string of the molecule is Clc1cccc(Cl)c1CNc1ccccc1-n1cnnn1. The number of anilines is 1. The smallest absolute Gasteiger partial charge is 0.143 e. The number of nitrogens with zero attached hydrogens (tertiary/aromatic N) is 4. The Morgan fingerprint density at radius 2 is 1.76 bits per heavy atom. The maximum absolute atomic E-state index is 6.17. The van der Waals surface area contributed by atoms with E-state index in [1.54, 1.807) is 11.0 Å². The van der Waals surface area contributed by atoms with Crippen molar-refractivity contribution in [2.24, 2.45) is 0 Å². The molecule has 1 heterocycles. The van der Waals surface area contributed by atoms with Crippen LogP contribution in [0.15, 0.2) is 48.8 Å². The van der Waals surface area contributed by atoms with Crippen LogP contribution >= 0.6 is 23.2 Å². The van der Waals surface area contributed by atoms with E-state index in [1.165, 1.54) is 0 Å². The van der Waals surface area contributed by atoms with Crippen molar-refractivity contribution in [3.63, 3.8) is 0 Å². The topological polar surface area (TPSA) is 55.6 Å². The summed E-state index contributed by atoms with van der Waals surface area (Å²) in [4.78, 5) is 0. The largest absolute Gasteiger partial charge is 0.379 e. The fraction of sp³-hybridized carbons (Fsp3) is 0.0714. The van der Waals surface area contributed by atoms with E-state index in [2.05, 4.69) is 20.8 Å². The van der Waals surface area contributed by atoms with Crippen LogP contribution in [0.5, 0.6) is 0 Å². The Hall–Kier alpha value is -2.11. The highest BCUT2D eigenvalue weighted by Gasteiger charge is 2.08. The van der Waals surface area contributed by atoms with Crippen LogP contribution < -0.4 is 5.32 Å². The summed E-state index contributed by atoms with van der Waals surface area (Å²) in [6.45, 7) is 0.512. The third-order valence-corrected chi connectivity index (χ3v) is 3.73. The van der Waals surface area contributed by atoms with Gasteiger partial charge in [0.25, 0.3) is 0 Å². The minimum absolute atomic E-state index is 0.512. The van der Waals surface area contributed by atoms with Crippen LogP contribution in [0.2, 0.25) is 10.0 Å². The summed E-state index contributed by atoms with van der Waals surface area (Å²) < 4.78 is 1.59. The molecule has 3 rings (SSSR count). The number of para-hydroxylation sites is 2. The fourth-order valence-electron chi connectivity index (χ4n) is 1.98. The molecule has 0 amide bonds. The molecule has 2 aromatic carbocycles. The predicted molar refractivity (Wildman–Crippen MR) is 82.9 cm³/mol. The van der Waals surface area contributed by atoms with Crippen molar-refractivity contribution >= 4 is 28.9 Å². The zero-order valence-electron chi connectivity index (χ0n) is 10.9. The number of hydrogen-bond acceptors (Lipinski definition) is 4. The molecule has 0 aliphatic carbocycles. The summed E-state index contributed by atoms with van der Waals surface area (Å²) >= 11 is 12.3. The van der Waals surface area contributed by atoms with Crippen molar-refractivity contribution < 1.29 is 0 Å². The van der Waals surface area contributed by atoms with Gasteiger partial charge in [-0.1, -0.05) is 41.4 Å². The van der Waals surface area contributed by atoms with E-state index in [4.69, 9.17) is 23.2 Å². The lowest BCUT2D eigenvalue weighted by molar-refractivity contribution is 0.789. The summed E-state index contributed by atoms with van der Waals surface area (Å²) in [5.74, 6) is 0. The first-order valence-corrected chi connectivity index (χ1v) is 7.00. The minimum Gasteiger partial charge on any atom is -0.379 e. The molecule has 0 spiro atoms. The van der Waals surface area contributed by atoms with Crippen LogP contribution in [-0.4, -0.2) is 20.2 Å². The molecule has 0 saturated heterocycles. The maximum atomic E-state index is 6.17. The molecular weight excluding hydrogens is 309 g/mol. The first-order chi connectivity index (χ1) is 10.3. The summed E-state index contributed by atoms with van der Waals surface area (Å²) in [6.07, 6.45) is 1.54. The van der Waals surface area contributed by atoms with Crippen LogP contribution in [0.4, 0.5) is 5.69 Å². The van der Waals surface area contributed by atoms with Crippen molar-refractivity contribution in [3.8, 4) is 5.69 Å². The van der Waals surface area contributed by atoms with Gasteiger partial charge in [0, 0.05) is 22.2 Å². The molecule has 0 atom stereocenters. The Labute approximate surface area is 131 Å². The molecule has 0 fully saturated rings.